The lowest BCUT2D eigenvalue weighted by Gasteiger charge is -2.37. The van der Waals surface area contributed by atoms with Crippen molar-refractivity contribution in [3.8, 4) is 0 Å². The molecule has 268 valence electrons. The molecule has 46 heavy (non-hydrogen) atoms. The minimum Gasteiger partial charge on any atom is -0.390 e. The molecule has 0 aliphatic heterocycles. The second-order valence-corrected chi connectivity index (χ2v) is 15.6. The fraction of sp³-hybridized carbons (Fsp3) is 0.906. The maximum atomic E-state index is 14.4. The van der Waals surface area contributed by atoms with Crippen molar-refractivity contribution in [1.82, 2.24) is 20.7 Å². The van der Waals surface area contributed by atoms with Gasteiger partial charge in [-0.1, -0.05) is 41.0 Å². The molecule has 7 atom stereocenters. The second-order valence-electron chi connectivity index (χ2n) is 13.8. The van der Waals surface area contributed by atoms with E-state index in [-0.39, 0.29) is 69.2 Å². The molecule has 0 saturated heterocycles. The highest BCUT2D eigenvalue weighted by atomic mass is 32.2. The largest absolute Gasteiger partial charge is 0.390 e. The molecule has 0 aromatic carbocycles. The van der Waals surface area contributed by atoms with Crippen LogP contribution >= 0.6 is 0 Å². The first kappa shape index (κ1) is 40.3. The zero-order chi connectivity index (χ0) is 34.6. The van der Waals surface area contributed by atoms with Crippen LogP contribution in [0, 0.1) is 23.7 Å². The molecule has 2 aliphatic carbocycles. The number of nitrogens with two attached hydrogens (primary N) is 1. The summed E-state index contributed by atoms with van der Waals surface area (Å²) in [6.45, 7) is 10.8. The Hall–Kier alpha value is -1.90. The number of hydrazine groups is 1. The van der Waals surface area contributed by atoms with Crippen LogP contribution in [0.5, 0.6) is 0 Å². The highest BCUT2D eigenvalue weighted by Crippen LogP contribution is 2.35. The van der Waals surface area contributed by atoms with Crippen molar-refractivity contribution in [2.45, 2.75) is 135 Å². The Bertz CT molecular complexity index is 1070. The number of aliphatic hydroxyl groups is 1. The van der Waals surface area contributed by atoms with Crippen molar-refractivity contribution < 1.29 is 36.7 Å². The second kappa shape index (κ2) is 19.2. The van der Waals surface area contributed by atoms with E-state index in [1.165, 1.54) is 0 Å². The molecule has 7 unspecified atom stereocenters. The summed E-state index contributed by atoms with van der Waals surface area (Å²) in [6, 6.07) is -0.934. The van der Waals surface area contributed by atoms with E-state index < -0.39 is 63.4 Å². The third-order valence-electron chi connectivity index (χ3n) is 9.20. The third-order valence-corrected chi connectivity index (χ3v) is 10.5. The summed E-state index contributed by atoms with van der Waals surface area (Å²) in [5.74, 6) is -3.32. The van der Waals surface area contributed by atoms with Gasteiger partial charge in [0, 0.05) is 50.4 Å². The van der Waals surface area contributed by atoms with Crippen LogP contribution in [0.15, 0.2) is 0 Å². The number of sulfonamides is 1. The standard InChI is InChI=1S/C32H59F2N5O6S/c1-6-9-12-39(37-30(41)21(4)5)20-29(40)28(15-22-13-25(33)19-26(34)14-22)36-31(42)23-16-24(18-27(17-23)46(35,44)45)32(43)38(10-7-2)11-8-3/h21-29,40H,6-20H2,1-5H3,(H,36,42)(H,37,41)(H2,35,44,45). The maximum absolute atomic E-state index is 14.4. The number of hydrogen-bond donors (Lipinski definition) is 4. The van der Waals surface area contributed by atoms with Crippen LogP contribution in [0.3, 0.4) is 0 Å². The van der Waals surface area contributed by atoms with Gasteiger partial charge in [0.15, 0.2) is 0 Å². The van der Waals surface area contributed by atoms with Crippen LogP contribution in [-0.4, -0.2) is 97.1 Å². The quantitative estimate of drug-likeness (QED) is 0.162. The van der Waals surface area contributed by atoms with E-state index in [1.54, 1.807) is 23.8 Å². The Balaban J connectivity index is 2.33. The monoisotopic (exact) mass is 679 g/mol. The molecule has 3 amide bonds. The first-order valence-electron chi connectivity index (χ1n) is 17.2. The molecule has 2 aliphatic rings. The molecule has 2 rings (SSSR count). The smallest absolute Gasteiger partial charge is 0.236 e. The van der Waals surface area contributed by atoms with E-state index in [0.717, 1.165) is 25.7 Å². The lowest BCUT2D eigenvalue weighted by molar-refractivity contribution is -0.139. The summed E-state index contributed by atoms with van der Waals surface area (Å²) in [6.07, 6.45) is -0.655. The summed E-state index contributed by atoms with van der Waals surface area (Å²) >= 11 is 0. The van der Waals surface area contributed by atoms with Crippen molar-refractivity contribution in [1.29, 1.82) is 0 Å². The average molecular weight is 680 g/mol. The van der Waals surface area contributed by atoms with E-state index >= 15 is 0 Å². The number of alkyl halides is 2. The van der Waals surface area contributed by atoms with Crippen molar-refractivity contribution >= 4 is 27.7 Å². The van der Waals surface area contributed by atoms with Crippen molar-refractivity contribution in [3.05, 3.63) is 0 Å². The van der Waals surface area contributed by atoms with Crippen molar-refractivity contribution in [2.24, 2.45) is 28.8 Å². The first-order valence-corrected chi connectivity index (χ1v) is 18.8. The van der Waals surface area contributed by atoms with E-state index in [2.05, 4.69) is 10.7 Å². The van der Waals surface area contributed by atoms with Crippen LogP contribution in [0.1, 0.15) is 105 Å². The maximum Gasteiger partial charge on any atom is 0.236 e. The predicted molar refractivity (Wildman–Crippen MR) is 174 cm³/mol. The SMILES string of the molecule is CCCCN(CC(O)C(CC1CC(F)CC(F)C1)NC(=O)C1CC(C(=O)N(CCC)CCC)CC(S(N)(=O)=O)C1)NC(=O)C(C)C. The average Bonchev–Trinajstić information content (AvgIpc) is 2.97. The van der Waals surface area contributed by atoms with Gasteiger partial charge >= 0.3 is 0 Å². The molecule has 14 heteroatoms. The number of primary sulfonamides is 1. The van der Waals surface area contributed by atoms with Gasteiger partial charge in [-0.3, -0.25) is 19.8 Å². The van der Waals surface area contributed by atoms with E-state index in [9.17, 15) is 36.7 Å². The normalized spacial score (nSPS) is 26.8. The minimum atomic E-state index is -4.06. The molecule has 2 saturated carbocycles. The van der Waals surface area contributed by atoms with Gasteiger partial charge < -0.3 is 15.3 Å². The molecule has 0 aromatic rings. The van der Waals surface area contributed by atoms with Crippen LogP contribution < -0.4 is 15.9 Å². The molecule has 2 fully saturated rings. The van der Waals surface area contributed by atoms with E-state index in [1.807, 2.05) is 20.8 Å². The number of carbonyl (C=O) groups is 3. The molecule has 5 N–H and O–H groups in total. The number of hydrogen-bond acceptors (Lipinski definition) is 7. The molecular formula is C32H59F2N5O6S. The highest BCUT2D eigenvalue weighted by molar-refractivity contribution is 7.89. The van der Waals surface area contributed by atoms with Gasteiger partial charge in [-0.25, -0.2) is 27.3 Å². The van der Waals surface area contributed by atoms with Crippen LogP contribution in [0.2, 0.25) is 0 Å². The number of rotatable bonds is 18. The Morgan fingerprint density at radius 2 is 1.48 bits per heavy atom. The van der Waals surface area contributed by atoms with Gasteiger partial charge in [0.05, 0.1) is 17.4 Å². The third kappa shape index (κ3) is 13.0. The molecule has 0 spiro atoms. The van der Waals surface area contributed by atoms with Gasteiger partial charge in [0.1, 0.15) is 12.3 Å². The fourth-order valence-corrected chi connectivity index (χ4v) is 7.72. The van der Waals surface area contributed by atoms with Crippen molar-refractivity contribution in [2.75, 3.05) is 26.2 Å². The first-order chi connectivity index (χ1) is 21.6. The van der Waals surface area contributed by atoms with Crippen LogP contribution in [0.4, 0.5) is 8.78 Å². The van der Waals surface area contributed by atoms with Gasteiger partial charge in [0.2, 0.25) is 27.7 Å². The molecular weight excluding hydrogens is 620 g/mol. The Kier molecular flexibility index (Phi) is 16.8. The molecule has 0 radical (unpaired) electrons. The summed E-state index contributed by atoms with van der Waals surface area (Å²) in [5.41, 5.74) is 2.82. The van der Waals surface area contributed by atoms with Gasteiger partial charge in [-0.15, -0.1) is 0 Å². The predicted octanol–water partition coefficient (Wildman–Crippen LogP) is 3.21. The molecule has 0 aromatic heterocycles. The Morgan fingerprint density at radius 1 is 0.891 bits per heavy atom. The number of amides is 3. The minimum absolute atomic E-state index is 0.0250. The van der Waals surface area contributed by atoms with E-state index in [0.29, 0.717) is 19.6 Å². The van der Waals surface area contributed by atoms with Crippen LogP contribution in [0.25, 0.3) is 0 Å². The van der Waals surface area contributed by atoms with E-state index in [4.69, 9.17) is 5.14 Å². The summed E-state index contributed by atoms with van der Waals surface area (Å²) in [5, 5.41) is 20.4. The highest BCUT2D eigenvalue weighted by Gasteiger charge is 2.42. The number of unbranched alkanes of at least 4 members (excludes halogenated alkanes) is 1. The molecule has 11 nitrogen and oxygen atoms in total. The van der Waals surface area contributed by atoms with Gasteiger partial charge in [-0.2, -0.15) is 0 Å². The zero-order valence-electron chi connectivity index (χ0n) is 28.4. The van der Waals surface area contributed by atoms with Gasteiger partial charge in [0.25, 0.3) is 0 Å². The number of aliphatic hydroxyl groups excluding tert-OH is 1. The molecule has 0 bridgehead atoms. The number of nitrogens with one attached hydrogen (secondary N) is 2. The lowest BCUT2D eigenvalue weighted by Crippen LogP contribution is -2.55. The zero-order valence-corrected chi connectivity index (χ0v) is 29.2. The van der Waals surface area contributed by atoms with Crippen molar-refractivity contribution in [3.63, 3.8) is 0 Å². The summed E-state index contributed by atoms with van der Waals surface area (Å²) in [4.78, 5) is 41.6. The van der Waals surface area contributed by atoms with Crippen LogP contribution in [-0.2, 0) is 24.4 Å². The Labute approximate surface area is 274 Å². The number of carbonyl (C=O) groups excluding carboxylic acids is 3. The molecule has 0 heterocycles. The Morgan fingerprint density at radius 3 is 2.00 bits per heavy atom. The van der Waals surface area contributed by atoms with Gasteiger partial charge in [-0.05, 0) is 63.7 Å². The number of nitrogens with zero attached hydrogens (tertiary/aromatic N) is 2. The number of halogens is 2. The summed E-state index contributed by atoms with van der Waals surface area (Å²) in [7, 11) is -4.06. The summed E-state index contributed by atoms with van der Waals surface area (Å²) < 4.78 is 53.7. The topological polar surface area (TPSA) is 162 Å². The lowest BCUT2D eigenvalue weighted by atomic mass is 9.79. The fourth-order valence-electron chi connectivity index (χ4n) is 6.71.